The van der Waals surface area contributed by atoms with Crippen molar-refractivity contribution < 1.29 is 0 Å². The molecule has 1 aromatic rings. The summed E-state index contributed by atoms with van der Waals surface area (Å²) in [5, 5.41) is 3.42. The molecule has 1 heterocycles. The summed E-state index contributed by atoms with van der Waals surface area (Å²) in [6.45, 7) is 12.3. The molecule has 0 atom stereocenters. The van der Waals surface area contributed by atoms with Crippen molar-refractivity contribution in [3.8, 4) is 0 Å². The minimum Gasteiger partial charge on any atom is -0.370 e. The van der Waals surface area contributed by atoms with Crippen LogP contribution in [0, 0.1) is 16.7 Å². The molecule has 0 aliphatic heterocycles. The van der Waals surface area contributed by atoms with Crippen molar-refractivity contribution in [2.24, 2.45) is 22.6 Å². The molecule has 2 rings (SSSR count). The van der Waals surface area contributed by atoms with Crippen LogP contribution >= 0.6 is 0 Å². The predicted molar refractivity (Wildman–Crippen MR) is 78.8 cm³/mol. The summed E-state index contributed by atoms with van der Waals surface area (Å²) in [5.74, 6) is 8.39. The average Bonchev–Trinajstić information content (AvgIpc) is 2.76. The Morgan fingerprint density at radius 2 is 1.74 bits per heavy atom. The third-order valence-corrected chi connectivity index (χ3v) is 5.04. The molecule has 5 nitrogen and oxygen atoms in total. The van der Waals surface area contributed by atoms with Crippen LogP contribution in [0.2, 0.25) is 0 Å². The number of nitrogens with two attached hydrogens (primary N) is 1. The Morgan fingerprint density at radius 1 is 1.16 bits per heavy atom. The monoisotopic (exact) mass is 263 g/mol. The maximum Gasteiger partial charge on any atom is 0.145 e. The molecule has 0 saturated heterocycles. The molecule has 4 N–H and O–H groups in total. The number of hydrazine groups is 1. The summed E-state index contributed by atoms with van der Waals surface area (Å²) in [6, 6.07) is 1.85. The smallest absolute Gasteiger partial charge is 0.145 e. The van der Waals surface area contributed by atoms with Crippen molar-refractivity contribution in [2.45, 2.75) is 41.0 Å². The summed E-state index contributed by atoms with van der Waals surface area (Å²) in [4.78, 5) is 8.76. The van der Waals surface area contributed by atoms with Gasteiger partial charge in [0.25, 0.3) is 0 Å². The van der Waals surface area contributed by atoms with Gasteiger partial charge in [-0.1, -0.05) is 34.6 Å². The van der Waals surface area contributed by atoms with E-state index in [1.807, 2.05) is 13.0 Å². The molecule has 0 aromatic carbocycles. The second-order valence-corrected chi connectivity index (χ2v) is 6.43. The highest BCUT2D eigenvalue weighted by Crippen LogP contribution is 2.68. The highest BCUT2D eigenvalue weighted by Gasteiger charge is 2.64. The molecule has 0 bridgehead atoms. The fourth-order valence-corrected chi connectivity index (χ4v) is 2.87. The van der Waals surface area contributed by atoms with Crippen LogP contribution < -0.4 is 16.6 Å². The van der Waals surface area contributed by atoms with Gasteiger partial charge in [0.15, 0.2) is 0 Å². The van der Waals surface area contributed by atoms with E-state index in [1.165, 1.54) is 0 Å². The van der Waals surface area contributed by atoms with Crippen LogP contribution in [0.5, 0.6) is 0 Å². The minimum atomic E-state index is 0.384. The lowest BCUT2D eigenvalue weighted by Gasteiger charge is -2.10. The topological polar surface area (TPSA) is 75.9 Å². The molecule has 1 aliphatic carbocycles. The normalized spacial score (nSPS) is 20.1. The maximum absolute atomic E-state index is 5.43. The Bertz CT molecular complexity index is 431. The summed E-state index contributed by atoms with van der Waals surface area (Å²) < 4.78 is 0. The Balaban J connectivity index is 2.05. The highest BCUT2D eigenvalue weighted by molar-refractivity contribution is 5.47. The van der Waals surface area contributed by atoms with Crippen LogP contribution in [-0.4, -0.2) is 16.5 Å². The summed E-state index contributed by atoms with van der Waals surface area (Å²) in [5.41, 5.74) is 3.36. The van der Waals surface area contributed by atoms with Gasteiger partial charge < -0.3 is 10.7 Å². The van der Waals surface area contributed by atoms with Gasteiger partial charge in [-0.05, 0) is 16.7 Å². The van der Waals surface area contributed by atoms with Gasteiger partial charge in [-0.15, -0.1) is 0 Å². The first-order chi connectivity index (χ1) is 8.82. The van der Waals surface area contributed by atoms with E-state index in [2.05, 4.69) is 48.4 Å². The van der Waals surface area contributed by atoms with Gasteiger partial charge in [0.05, 0.1) is 0 Å². The van der Waals surface area contributed by atoms with E-state index in [0.717, 1.165) is 24.6 Å². The number of anilines is 2. The van der Waals surface area contributed by atoms with E-state index in [9.17, 15) is 0 Å². The van der Waals surface area contributed by atoms with Crippen molar-refractivity contribution in [1.29, 1.82) is 0 Å². The van der Waals surface area contributed by atoms with Gasteiger partial charge in [-0.2, -0.15) is 0 Å². The Hall–Kier alpha value is -1.36. The molecule has 19 heavy (non-hydrogen) atoms. The van der Waals surface area contributed by atoms with E-state index in [0.29, 0.717) is 22.6 Å². The second-order valence-electron chi connectivity index (χ2n) is 6.43. The molecule has 0 unspecified atom stereocenters. The molecule has 106 valence electrons. The number of hydrogen-bond donors (Lipinski definition) is 3. The molecule has 5 heteroatoms. The van der Waals surface area contributed by atoms with Crippen molar-refractivity contribution in [3.05, 3.63) is 11.9 Å². The lowest BCUT2D eigenvalue weighted by atomic mass is 10.0. The van der Waals surface area contributed by atoms with Gasteiger partial charge in [0.1, 0.15) is 17.5 Å². The van der Waals surface area contributed by atoms with E-state index in [-0.39, 0.29) is 0 Å². The highest BCUT2D eigenvalue weighted by atomic mass is 15.3. The zero-order valence-corrected chi connectivity index (χ0v) is 12.5. The van der Waals surface area contributed by atoms with Crippen molar-refractivity contribution >= 4 is 11.6 Å². The van der Waals surface area contributed by atoms with E-state index < -0.39 is 0 Å². The molecule has 0 radical (unpaired) electrons. The van der Waals surface area contributed by atoms with Crippen LogP contribution in [0.3, 0.4) is 0 Å². The van der Waals surface area contributed by atoms with Crippen LogP contribution in [-0.2, 0) is 6.42 Å². The van der Waals surface area contributed by atoms with Crippen molar-refractivity contribution in [2.75, 3.05) is 17.3 Å². The molecule has 1 fully saturated rings. The average molecular weight is 263 g/mol. The first kappa shape index (κ1) is 14.1. The Morgan fingerprint density at radius 3 is 2.21 bits per heavy atom. The molecule has 1 aliphatic rings. The number of rotatable bonds is 5. The third kappa shape index (κ3) is 2.39. The number of hydrogen-bond acceptors (Lipinski definition) is 5. The molecule has 1 saturated carbocycles. The number of aryl methyl sites for hydroxylation is 1. The molecular weight excluding hydrogens is 238 g/mol. The first-order valence-electron chi connectivity index (χ1n) is 6.91. The number of nitrogen functional groups attached to an aromatic ring is 1. The van der Waals surface area contributed by atoms with Gasteiger partial charge in [-0.25, -0.2) is 15.8 Å². The fourth-order valence-electron chi connectivity index (χ4n) is 2.87. The van der Waals surface area contributed by atoms with Crippen LogP contribution in [0.15, 0.2) is 6.07 Å². The summed E-state index contributed by atoms with van der Waals surface area (Å²) >= 11 is 0. The lowest BCUT2D eigenvalue weighted by Crippen LogP contribution is -2.14. The zero-order valence-electron chi connectivity index (χ0n) is 12.5. The van der Waals surface area contributed by atoms with Gasteiger partial charge in [0, 0.05) is 19.0 Å². The van der Waals surface area contributed by atoms with E-state index in [1.54, 1.807) is 0 Å². The van der Waals surface area contributed by atoms with E-state index in [4.69, 9.17) is 5.84 Å². The van der Waals surface area contributed by atoms with Crippen LogP contribution in [0.4, 0.5) is 11.6 Å². The SMILES string of the molecule is CCc1nc(NN)cc(NCC2C(C)(C)C2(C)C)n1. The largest absolute Gasteiger partial charge is 0.370 e. The first-order valence-corrected chi connectivity index (χ1v) is 6.91. The lowest BCUT2D eigenvalue weighted by molar-refractivity contribution is 0.457. The third-order valence-electron chi connectivity index (χ3n) is 5.04. The fraction of sp³-hybridized carbons (Fsp3) is 0.714. The standard InChI is InChI=1S/C14H25N5/c1-6-10-17-11(7-12(18-10)19-15)16-8-9-13(2,3)14(9,4)5/h7,9H,6,8,15H2,1-5H3,(H2,16,17,18,19). The summed E-state index contributed by atoms with van der Waals surface area (Å²) in [7, 11) is 0. The number of aromatic nitrogens is 2. The van der Waals surface area contributed by atoms with Crippen LogP contribution in [0.1, 0.15) is 40.4 Å². The summed E-state index contributed by atoms with van der Waals surface area (Å²) in [6.07, 6.45) is 0.796. The van der Waals surface area contributed by atoms with Crippen molar-refractivity contribution in [3.63, 3.8) is 0 Å². The number of nitrogens with zero attached hydrogens (tertiary/aromatic N) is 2. The minimum absolute atomic E-state index is 0.384. The second kappa shape index (κ2) is 4.63. The maximum atomic E-state index is 5.43. The van der Waals surface area contributed by atoms with Crippen LogP contribution in [0.25, 0.3) is 0 Å². The Labute approximate surface area is 115 Å². The van der Waals surface area contributed by atoms with Gasteiger partial charge in [-0.3, -0.25) is 0 Å². The quantitative estimate of drug-likeness (QED) is 0.562. The zero-order chi connectivity index (χ0) is 14.3. The van der Waals surface area contributed by atoms with Crippen molar-refractivity contribution in [1.82, 2.24) is 9.97 Å². The molecule has 0 amide bonds. The molecule has 1 aromatic heterocycles. The van der Waals surface area contributed by atoms with Gasteiger partial charge in [0.2, 0.25) is 0 Å². The Kier molecular flexibility index (Phi) is 3.43. The molecular formula is C14H25N5. The molecule has 0 spiro atoms. The van der Waals surface area contributed by atoms with E-state index >= 15 is 0 Å². The number of nitrogens with one attached hydrogen (secondary N) is 2. The predicted octanol–water partition coefficient (Wildman–Crippen LogP) is 2.42. The van der Waals surface area contributed by atoms with Gasteiger partial charge >= 0.3 is 0 Å².